The van der Waals surface area contributed by atoms with Gasteiger partial charge in [-0.25, -0.2) is 15.0 Å². The second-order valence-electron chi connectivity index (χ2n) is 6.85. The topological polar surface area (TPSA) is 81.4 Å². The number of ether oxygens (including phenoxy) is 1. The smallest absolute Gasteiger partial charge is 0.291 e. The summed E-state index contributed by atoms with van der Waals surface area (Å²) >= 11 is 0. The first-order valence-electron chi connectivity index (χ1n) is 9.37. The Morgan fingerprint density at radius 3 is 2.75 bits per heavy atom. The zero-order valence-electron chi connectivity index (χ0n) is 15.7. The maximum absolute atomic E-state index is 12.6. The van der Waals surface area contributed by atoms with Crippen LogP contribution in [0.5, 0.6) is 5.75 Å². The van der Waals surface area contributed by atoms with Crippen molar-refractivity contribution in [2.24, 2.45) is 0 Å². The molecule has 0 saturated carbocycles. The zero-order valence-corrected chi connectivity index (χ0v) is 15.7. The molecule has 28 heavy (non-hydrogen) atoms. The summed E-state index contributed by atoms with van der Waals surface area (Å²) in [7, 11) is 1.65. The Morgan fingerprint density at radius 2 is 2.00 bits per heavy atom. The van der Waals surface area contributed by atoms with Crippen molar-refractivity contribution in [1.29, 1.82) is 0 Å². The lowest BCUT2D eigenvalue weighted by molar-refractivity contribution is 0.0685. The molecule has 1 aliphatic rings. The highest BCUT2D eigenvalue weighted by Gasteiger charge is 2.29. The molecule has 7 nitrogen and oxygen atoms in total. The number of benzene rings is 1. The lowest BCUT2D eigenvalue weighted by atomic mass is 9.98. The van der Waals surface area contributed by atoms with Gasteiger partial charge in [-0.1, -0.05) is 12.1 Å². The lowest BCUT2D eigenvalue weighted by Crippen LogP contribution is -2.39. The Hall–Kier alpha value is -3.22. The number of methoxy groups -OCH3 is 1. The fourth-order valence-electron chi connectivity index (χ4n) is 3.45. The van der Waals surface area contributed by atoms with Crippen molar-refractivity contribution in [1.82, 2.24) is 19.9 Å². The zero-order chi connectivity index (χ0) is 19.3. The summed E-state index contributed by atoms with van der Waals surface area (Å²) in [5, 5.41) is 0. The van der Waals surface area contributed by atoms with Crippen LogP contribution in [0.15, 0.2) is 53.3 Å². The second-order valence-corrected chi connectivity index (χ2v) is 6.85. The van der Waals surface area contributed by atoms with Crippen LogP contribution in [0.4, 0.5) is 0 Å². The Balaban J connectivity index is 1.42. The standard InChI is InChI=1S/C21H22N4O3/c1-27-17-7-5-15(6-8-17)12-18-13-24-20(28-18)16-4-2-11-25(14-16)21(26)19-22-9-3-10-23-19/h3,5-10,13,16H,2,4,11-12,14H2,1H3/t16-/m0/s1. The minimum Gasteiger partial charge on any atom is -0.497 e. The van der Waals surface area contributed by atoms with Gasteiger partial charge >= 0.3 is 0 Å². The third-order valence-corrected chi connectivity index (χ3v) is 4.92. The SMILES string of the molecule is COc1ccc(Cc2cnc([C@H]3CCCN(C(=O)c4ncccn4)C3)o2)cc1. The molecule has 1 amide bonds. The van der Waals surface area contributed by atoms with Crippen LogP contribution in [0.3, 0.4) is 0 Å². The van der Waals surface area contributed by atoms with Gasteiger partial charge < -0.3 is 14.1 Å². The van der Waals surface area contributed by atoms with E-state index in [1.165, 1.54) is 0 Å². The van der Waals surface area contributed by atoms with E-state index < -0.39 is 0 Å². The molecule has 1 aromatic carbocycles. The number of aromatic nitrogens is 3. The van der Waals surface area contributed by atoms with Crippen molar-refractivity contribution in [2.45, 2.75) is 25.2 Å². The second kappa shape index (κ2) is 8.21. The average Bonchev–Trinajstić information content (AvgIpc) is 3.23. The van der Waals surface area contributed by atoms with Crippen LogP contribution in [0.2, 0.25) is 0 Å². The van der Waals surface area contributed by atoms with E-state index in [9.17, 15) is 4.79 Å². The first-order valence-corrected chi connectivity index (χ1v) is 9.37. The van der Waals surface area contributed by atoms with Gasteiger partial charge in [0, 0.05) is 31.9 Å². The van der Waals surface area contributed by atoms with Gasteiger partial charge in [0.2, 0.25) is 5.82 Å². The lowest BCUT2D eigenvalue weighted by Gasteiger charge is -2.30. The number of rotatable bonds is 5. The number of piperidine rings is 1. The van der Waals surface area contributed by atoms with E-state index in [0.717, 1.165) is 29.9 Å². The Kier molecular flexibility index (Phi) is 5.32. The first-order chi connectivity index (χ1) is 13.7. The van der Waals surface area contributed by atoms with Gasteiger partial charge in [-0.2, -0.15) is 0 Å². The largest absolute Gasteiger partial charge is 0.497 e. The van der Waals surface area contributed by atoms with Gasteiger partial charge in [0.15, 0.2) is 5.89 Å². The van der Waals surface area contributed by atoms with E-state index in [0.29, 0.717) is 25.4 Å². The molecule has 0 aliphatic carbocycles. The molecule has 0 spiro atoms. The predicted octanol–water partition coefficient (Wildman–Crippen LogP) is 3.08. The molecular formula is C21H22N4O3. The Labute approximate surface area is 163 Å². The number of carbonyl (C=O) groups excluding carboxylic acids is 1. The molecule has 3 aromatic rings. The van der Waals surface area contributed by atoms with Crippen LogP contribution in [0.25, 0.3) is 0 Å². The molecule has 144 valence electrons. The number of oxazole rings is 1. The highest BCUT2D eigenvalue weighted by molar-refractivity contribution is 5.90. The summed E-state index contributed by atoms with van der Waals surface area (Å²) in [5.41, 5.74) is 1.13. The minimum atomic E-state index is -0.143. The van der Waals surface area contributed by atoms with Crippen LogP contribution in [0, 0.1) is 0 Å². The quantitative estimate of drug-likeness (QED) is 0.679. The molecule has 1 saturated heterocycles. The van der Waals surface area contributed by atoms with Gasteiger partial charge in [-0.3, -0.25) is 4.79 Å². The summed E-state index contributed by atoms with van der Waals surface area (Å²) < 4.78 is 11.2. The van der Waals surface area contributed by atoms with Crippen LogP contribution in [-0.4, -0.2) is 46.0 Å². The van der Waals surface area contributed by atoms with E-state index in [1.807, 2.05) is 24.3 Å². The maximum atomic E-state index is 12.6. The van der Waals surface area contributed by atoms with Crippen molar-refractivity contribution in [3.05, 3.63) is 72.0 Å². The van der Waals surface area contributed by atoms with Crippen molar-refractivity contribution in [2.75, 3.05) is 20.2 Å². The molecule has 0 unspecified atom stereocenters. The summed E-state index contributed by atoms with van der Waals surface area (Å²) in [6.07, 6.45) is 7.47. The summed E-state index contributed by atoms with van der Waals surface area (Å²) in [5.74, 6) is 2.51. The molecule has 2 aromatic heterocycles. The highest BCUT2D eigenvalue weighted by atomic mass is 16.5. The van der Waals surface area contributed by atoms with Gasteiger partial charge in [-0.15, -0.1) is 0 Å². The van der Waals surface area contributed by atoms with Gasteiger partial charge in [0.05, 0.1) is 19.2 Å². The van der Waals surface area contributed by atoms with Crippen molar-refractivity contribution >= 4 is 5.91 Å². The number of likely N-dealkylation sites (tertiary alicyclic amines) is 1. The Morgan fingerprint density at radius 1 is 1.21 bits per heavy atom. The molecule has 7 heteroatoms. The fourth-order valence-corrected chi connectivity index (χ4v) is 3.45. The average molecular weight is 378 g/mol. The van der Waals surface area contributed by atoms with Crippen LogP contribution >= 0.6 is 0 Å². The molecule has 3 heterocycles. The maximum Gasteiger partial charge on any atom is 0.291 e. The molecule has 0 radical (unpaired) electrons. The summed E-state index contributed by atoms with van der Waals surface area (Å²) in [6, 6.07) is 9.60. The van der Waals surface area contributed by atoms with Crippen molar-refractivity contribution in [3.63, 3.8) is 0 Å². The first kappa shape index (κ1) is 18.2. The number of nitrogens with zero attached hydrogens (tertiary/aromatic N) is 4. The van der Waals surface area contributed by atoms with E-state index >= 15 is 0 Å². The number of hydrogen-bond donors (Lipinski definition) is 0. The Bertz CT molecular complexity index is 924. The van der Waals surface area contributed by atoms with Crippen LogP contribution in [0.1, 0.15) is 46.6 Å². The fraction of sp³-hybridized carbons (Fsp3) is 0.333. The molecule has 1 aliphatic heterocycles. The molecular weight excluding hydrogens is 356 g/mol. The molecule has 1 fully saturated rings. The third kappa shape index (κ3) is 4.03. The van der Waals surface area contributed by atoms with Gasteiger partial charge in [0.1, 0.15) is 11.5 Å². The van der Waals surface area contributed by atoms with Crippen molar-refractivity contribution < 1.29 is 13.9 Å². The number of amides is 1. The molecule has 0 bridgehead atoms. The van der Waals surface area contributed by atoms with Crippen LogP contribution < -0.4 is 4.74 Å². The summed E-state index contributed by atoms with van der Waals surface area (Å²) in [4.78, 5) is 27.0. The van der Waals surface area contributed by atoms with E-state index in [2.05, 4.69) is 15.0 Å². The summed E-state index contributed by atoms with van der Waals surface area (Å²) in [6.45, 7) is 1.27. The van der Waals surface area contributed by atoms with E-state index in [1.54, 1.807) is 36.7 Å². The number of carbonyl (C=O) groups is 1. The van der Waals surface area contributed by atoms with Crippen molar-refractivity contribution in [3.8, 4) is 5.75 Å². The van der Waals surface area contributed by atoms with Crippen LogP contribution in [-0.2, 0) is 6.42 Å². The highest BCUT2D eigenvalue weighted by Crippen LogP contribution is 2.28. The van der Waals surface area contributed by atoms with Gasteiger partial charge in [-0.05, 0) is 36.6 Å². The van der Waals surface area contributed by atoms with E-state index in [4.69, 9.17) is 9.15 Å². The number of hydrogen-bond acceptors (Lipinski definition) is 6. The van der Waals surface area contributed by atoms with E-state index in [-0.39, 0.29) is 17.6 Å². The third-order valence-electron chi connectivity index (χ3n) is 4.92. The molecule has 0 N–H and O–H groups in total. The predicted molar refractivity (Wildman–Crippen MR) is 102 cm³/mol. The monoisotopic (exact) mass is 378 g/mol. The normalized spacial score (nSPS) is 16.8. The minimum absolute atomic E-state index is 0.0889. The molecule has 1 atom stereocenters. The molecule has 4 rings (SSSR count). The van der Waals surface area contributed by atoms with Gasteiger partial charge in [0.25, 0.3) is 5.91 Å².